The number of nitrogens with zero attached hydrogens (tertiary/aromatic N) is 4. The maximum absolute atomic E-state index is 13.2. The van der Waals surface area contributed by atoms with Gasteiger partial charge in [-0.05, 0) is 49.7 Å². The molecule has 2 saturated heterocycles. The Balaban J connectivity index is 0.983. The lowest BCUT2D eigenvalue weighted by Gasteiger charge is -2.47. The fourth-order valence-corrected chi connectivity index (χ4v) is 8.14. The molecule has 3 heterocycles. The molecule has 2 amide bonds. The van der Waals surface area contributed by atoms with Crippen LogP contribution in [0.5, 0.6) is 0 Å². The lowest BCUT2D eigenvalue weighted by molar-refractivity contribution is -0.151. The predicted molar refractivity (Wildman–Crippen MR) is 192 cm³/mol. The Kier molecular flexibility index (Phi) is 14.5. The van der Waals surface area contributed by atoms with Crippen LogP contribution < -0.4 is 0 Å². The maximum Gasteiger partial charge on any atom is 0.273 e. The molecule has 5 rings (SSSR count). The highest BCUT2D eigenvalue weighted by atomic mass is 32.1. The third kappa shape index (κ3) is 10.8. The number of amides is 2. The van der Waals surface area contributed by atoms with E-state index in [1.54, 1.807) is 25.6 Å². The van der Waals surface area contributed by atoms with Crippen LogP contribution in [0.3, 0.4) is 0 Å². The SMILES string of the molecule is COC(CN(C(=O)CCOCCc1ccc(CCN2CCC3(CC2)CN(C(=O)c2csc(C(C)C)n2)CCO3)cc1)C1CCCCC1)OC. The molecule has 3 aliphatic rings. The standard InChI is InChI=1S/C38H58N4O6S/c1-29(2)36-39-33(27-49-36)37(44)41-22-25-48-38(28-41)17-20-40(21-18-38)19-14-30-10-12-31(13-11-30)15-23-47-24-16-34(43)42(26-35(45-3)46-4)32-8-6-5-7-9-32/h10-13,27,29,32,35H,5-9,14-26,28H2,1-4H3. The van der Waals surface area contributed by atoms with Gasteiger partial charge in [-0.2, -0.15) is 0 Å². The van der Waals surface area contributed by atoms with Crippen LogP contribution in [0.1, 0.15) is 97.8 Å². The second kappa shape index (κ2) is 18.7. The zero-order valence-electron chi connectivity index (χ0n) is 30.2. The molecular weight excluding hydrogens is 641 g/mol. The van der Waals surface area contributed by atoms with Gasteiger partial charge in [-0.3, -0.25) is 9.59 Å². The van der Waals surface area contributed by atoms with Crippen molar-refractivity contribution in [1.29, 1.82) is 0 Å². The van der Waals surface area contributed by atoms with E-state index in [1.165, 1.54) is 30.4 Å². The number of methoxy groups -OCH3 is 2. The van der Waals surface area contributed by atoms with E-state index in [4.69, 9.17) is 18.9 Å². The molecule has 272 valence electrons. The third-order valence-corrected chi connectivity index (χ3v) is 11.6. The van der Waals surface area contributed by atoms with E-state index in [-0.39, 0.29) is 23.5 Å². The van der Waals surface area contributed by atoms with Gasteiger partial charge in [-0.1, -0.05) is 57.4 Å². The monoisotopic (exact) mass is 698 g/mol. The number of likely N-dealkylation sites (tertiary alicyclic amines) is 1. The molecule has 0 N–H and O–H groups in total. The van der Waals surface area contributed by atoms with Crippen LogP contribution in [0.25, 0.3) is 0 Å². The molecule has 0 radical (unpaired) electrons. The molecule has 1 aromatic carbocycles. The largest absolute Gasteiger partial charge is 0.381 e. The van der Waals surface area contributed by atoms with Gasteiger partial charge in [-0.25, -0.2) is 4.98 Å². The zero-order chi connectivity index (χ0) is 34.6. The summed E-state index contributed by atoms with van der Waals surface area (Å²) in [5, 5.41) is 2.92. The fourth-order valence-electron chi connectivity index (χ4n) is 7.33. The van der Waals surface area contributed by atoms with E-state index < -0.39 is 6.29 Å². The van der Waals surface area contributed by atoms with Gasteiger partial charge in [0.25, 0.3) is 5.91 Å². The molecule has 10 nitrogen and oxygen atoms in total. The van der Waals surface area contributed by atoms with Crippen molar-refractivity contribution < 1.29 is 28.5 Å². The smallest absolute Gasteiger partial charge is 0.273 e. The number of aromatic nitrogens is 1. The van der Waals surface area contributed by atoms with Gasteiger partial charge in [0, 0.05) is 57.7 Å². The van der Waals surface area contributed by atoms with Crippen molar-refractivity contribution in [3.05, 3.63) is 51.5 Å². The Morgan fingerprint density at radius 3 is 2.35 bits per heavy atom. The Hall–Kier alpha value is -2.41. The van der Waals surface area contributed by atoms with Gasteiger partial charge in [0.05, 0.1) is 49.9 Å². The van der Waals surface area contributed by atoms with E-state index >= 15 is 0 Å². The van der Waals surface area contributed by atoms with Gasteiger partial charge in [0.1, 0.15) is 5.69 Å². The minimum absolute atomic E-state index is 0.0364. The Bertz CT molecular complexity index is 1300. The van der Waals surface area contributed by atoms with Gasteiger partial charge >= 0.3 is 0 Å². The van der Waals surface area contributed by atoms with Crippen molar-refractivity contribution in [3.8, 4) is 0 Å². The van der Waals surface area contributed by atoms with Gasteiger partial charge < -0.3 is 33.6 Å². The summed E-state index contributed by atoms with van der Waals surface area (Å²) < 4.78 is 23.0. The topological polar surface area (TPSA) is 93.7 Å². The summed E-state index contributed by atoms with van der Waals surface area (Å²) in [7, 11) is 3.24. The van der Waals surface area contributed by atoms with Crippen LogP contribution in [0.4, 0.5) is 0 Å². The van der Waals surface area contributed by atoms with Crippen molar-refractivity contribution in [2.45, 2.75) is 102 Å². The number of piperidine rings is 1. The summed E-state index contributed by atoms with van der Waals surface area (Å²) >= 11 is 1.57. The minimum Gasteiger partial charge on any atom is -0.381 e. The summed E-state index contributed by atoms with van der Waals surface area (Å²) in [5.74, 6) is 0.489. The molecule has 1 saturated carbocycles. The van der Waals surface area contributed by atoms with Crippen LogP contribution in [-0.4, -0.2) is 123 Å². The molecule has 11 heteroatoms. The second-order valence-electron chi connectivity index (χ2n) is 14.2. The first-order valence-electron chi connectivity index (χ1n) is 18.4. The molecule has 2 aliphatic heterocycles. The van der Waals surface area contributed by atoms with Gasteiger partial charge in [0.15, 0.2) is 6.29 Å². The molecule has 3 fully saturated rings. The highest BCUT2D eigenvalue weighted by Crippen LogP contribution is 2.31. The summed E-state index contributed by atoms with van der Waals surface area (Å²) in [4.78, 5) is 37.4. The molecular formula is C38H58N4O6S. The molecule has 1 aromatic heterocycles. The van der Waals surface area contributed by atoms with Gasteiger partial charge in [-0.15, -0.1) is 11.3 Å². The molecule has 2 aromatic rings. The molecule has 1 aliphatic carbocycles. The number of ether oxygens (including phenoxy) is 4. The Labute approximate surface area is 297 Å². The number of rotatable bonds is 16. The lowest BCUT2D eigenvalue weighted by Crippen LogP contribution is -2.58. The first kappa shape index (κ1) is 37.8. The lowest BCUT2D eigenvalue weighted by atomic mass is 9.89. The summed E-state index contributed by atoms with van der Waals surface area (Å²) in [6.45, 7) is 10.5. The van der Waals surface area contributed by atoms with Crippen molar-refractivity contribution in [2.75, 3.05) is 73.3 Å². The van der Waals surface area contributed by atoms with Crippen molar-refractivity contribution >= 4 is 23.2 Å². The number of hydrogen-bond donors (Lipinski definition) is 0. The number of carbonyl (C=O) groups excluding carboxylic acids is 2. The molecule has 0 bridgehead atoms. The average Bonchev–Trinajstić information content (AvgIpc) is 3.64. The number of benzene rings is 1. The normalized spacial score (nSPS) is 18.9. The highest BCUT2D eigenvalue weighted by Gasteiger charge is 2.41. The van der Waals surface area contributed by atoms with Crippen molar-refractivity contribution in [1.82, 2.24) is 19.7 Å². The third-order valence-electron chi connectivity index (χ3n) is 10.5. The Morgan fingerprint density at radius 1 is 1.00 bits per heavy atom. The van der Waals surface area contributed by atoms with E-state index in [0.29, 0.717) is 57.5 Å². The zero-order valence-corrected chi connectivity index (χ0v) is 31.0. The second-order valence-corrected chi connectivity index (χ2v) is 15.1. The summed E-state index contributed by atoms with van der Waals surface area (Å²) in [5.41, 5.74) is 2.90. The maximum atomic E-state index is 13.2. The van der Waals surface area contributed by atoms with Crippen LogP contribution in [-0.2, 0) is 36.6 Å². The van der Waals surface area contributed by atoms with E-state index in [1.807, 2.05) is 15.2 Å². The first-order chi connectivity index (χ1) is 23.8. The molecule has 0 atom stereocenters. The minimum atomic E-state index is -0.407. The van der Waals surface area contributed by atoms with Crippen molar-refractivity contribution in [2.24, 2.45) is 0 Å². The highest BCUT2D eigenvalue weighted by molar-refractivity contribution is 7.09. The number of thiazole rings is 1. The first-order valence-corrected chi connectivity index (χ1v) is 19.3. The fraction of sp³-hybridized carbons (Fsp3) is 0.711. The average molecular weight is 699 g/mol. The van der Waals surface area contributed by atoms with Crippen LogP contribution >= 0.6 is 11.3 Å². The van der Waals surface area contributed by atoms with E-state index in [9.17, 15) is 9.59 Å². The van der Waals surface area contributed by atoms with E-state index in [0.717, 1.165) is 63.2 Å². The number of carbonyl (C=O) groups is 2. The number of morpholine rings is 1. The van der Waals surface area contributed by atoms with Gasteiger partial charge in [0.2, 0.25) is 5.91 Å². The van der Waals surface area contributed by atoms with E-state index in [2.05, 4.69) is 48.0 Å². The molecule has 1 spiro atoms. The predicted octanol–water partition coefficient (Wildman–Crippen LogP) is 5.55. The quantitative estimate of drug-likeness (QED) is 0.167. The summed E-state index contributed by atoms with van der Waals surface area (Å²) in [6.07, 6.45) is 9.35. The van der Waals surface area contributed by atoms with Crippen LogP contribution in [0.15, 0.2) is 29.6 Å². The van der Waals surface area contributed by atoms with Crippen LogP contribution in [0, 0.1) is 0 Å². The Morgan fingerprint density at radius 2 is 1.69 bits per heavy atom. The van der Waals surface area contributed by atoms with Crippen LogP contribution in [0.2, 0.25) is 0 Å². The molecule has 0 unspecified atom stereocenters. The van der Waals surface area contributed by atoms with Crippen molar-refractivity contribution in [3.63, 3.8) is 0 Å². The molecule has 49 heavy (non-hydrogen) atoms. The summed E-state index contributed by atoms with van der Waals surface area (Å²) in [6, 6.07) is 9.12. The number of hydrogen-bond acceptors (Lipinski definition) is 9.